The van der Waals surface area contributed by atoms with Crippen molar-refractivity contribution in [2.24, 2.45) is 0 Å². The molecule has 2 aromatic carbocycles. The fourth-order valence-electron chi connectivity index (χ4n) is 4.74. The van der Waals surface area contributed by atoms with Crippen molar-refractivity contribution in [2.75, 3.05) is 43.1 Å². The molecule has 1 unspecified atom stereocenters. The summed E-state index contributed by atoms with van der Waals surface area (Å²) in [7, 11) is 0. The second-order valence-corrected chi connectivity index (χ2v) is 8.86. The first-order chi connectivity index (χ1) is 17.7. The van der Waals surface area contributed by atoms with Gasteiger partial charge in [0.15, 0.2) is 0 Å². The molecule has 0 aliphatic carbocycles. The molecule has 184 valence electrons. The molecule has 0 spiro atoms. The van der Waals surface area contributed by atoms with E-state index in [0.29, 0.717) is 50.1 Å². The molecular formula is C27H25FN4O4. The van der Waals surface area contributed by atoms with Crippen LogP contribution >= 0.6 is 0 Å². The molecule has 1 N–H and O–H groups in total. The highest BCUT2D eigenvalue weighted by Crippen LogP contribution is 2.43. The third kappa shape index (κ3) is 4.31. The number of nitrogens with zero attached hydrogens (tertiary/aromatic N) is 3. The highest BCUT2D eigenvalue weighted by Gasteiger charge is 2.26. The summed E-state index contributed by atoms with van der Waals surface area (Å²) < 4.78 is 31.1. The largest absolute Gasteiger partial charge is 0.437 e. The van der Waals surface area contributed by atoms with Crippen molar-refractivity contribution >= 4 is 28.5 Å². The van der Waals surface area contributed by atoms with Gasteiger partial charge in [-0.2, -0.15) is 0 Å². The van der Waals surface area contributed by atoms with Crippen LogP contribution in [0.25, 0.3) is 33.6 Å². The molecule has 2 saturated heterocycles. The third-order valence-corrected chi connectivity index (χ3v) is 6.55. The van der Waals surface area contributed by atoms with Gasteiger partial charge in [-0.25, -0.2) is 14.4 Å². The zero-order valence-electron chi connectivity index (χ0n) is 19.6. The molecule has 8 nitrogen and oxygen atoms in total. The number of furan rings is 1. The molecule has 4 aromatic rings. The summed E-state index contributed by atoms with van der Waals surface area (Å²) in [5.41, 5.74) is 3.52. The molecule has 2 aliphatic heterocycles. The van der Waals surface area contributed by atoms with E-state index in [0.717, 1.165) is 40.7 Å². The Morgan fingerprint density at radius 2 is 1.72 bits per heavy atom. The van der Waals surface area contributed by atoms with Gasteiger partial charge in [0.1, 0.15) is 29.8 Å². The van der Waals surface area contributed by atoms with Crippen molar-refractivity contribution < 1.29 is 23.1 Å². The van der Waals surface area contributed by atoms with Gasteiger partial charge < -0.3 is 24.1 Å². The van der Waals surface area contributed by atoms with E-state index in [4.69, 9.17) is 13.9 Å². The highest BCUT2D eigenvalue weighted by molar-refractivity contribution is 6.06. The van der Waals surface area contributed by atoms with Crippen molar-refractivity contribution in [3.05, 3.63) is 60.7 Å². The normalized spacial score (nSPS) is 18.0. The first kappa shape index (κ1) is 22.6. The molecule has 2 aliphatic rings. The van der Waals surface area contributed by atoms with Crippen LogP contribution in [0.2, 0.25) is 0 Å². The predicted octanol–water partition coefficient (Wildman–Crippen LogP) is 4.65. The average molecular weight is 489 g/mol. The molecule has 36 heavy (non-hydrogen) atoms. The summed E-state index contributed by atoms with van der Waals surface area (Å²) in [5.74, 6) is 0.909. The quantitative estimate of drug-likeness (QED) is 0.437. The zero-order valence-corrected chi connectivity index (χ0v) is 19.6. The Morgan fingerprint density at radius 3 is 2.44 bits per heavy atom. The second kappa shape index (κ2) is 9.67. The second-order valence-electron chi connectivity index (χ2n) is 8.86. The van der Waals surface area contributed by atoms with E-state index in [1.807, 2.05) is 24.3 Å². The Balaban J connectivity index is 1.42. The number of ether oxygens (including phenoxy) is 2. The van der Waals surface area contributed by atoms with Crippen molar-refractivity contribution in [3.63, 3.8) is 0 Å². The van der Waals surface area contributed by atoms with E-state index in [1.54, 1.807) is 12.1 Å². The van der Waals surface area contributed by atoms with Crippen LogP contribution in [0, 0.1) is 5.82 Å². The monoisotopic (exact) mass is 488 g/mol. The number of rotatable bonds is 5. The summed E-state index contributed by atoms with van der Waals surface area (Å²) in [4.78, 5) is 23.6. The molecule has 1 amide bonds. The number of morpholine rings is 1. The minimum absolute atomic E-state index is 0.138. The lowest BCUT2D eigenvalue weighted by molar-refractivity contribution is -0.124. The predicted molar refractivity (Wildman–Crippen MR) is 133 cm³/mol. The third-order valence-electron chi connectivity index (χ3n) is 6.55. The van der Waals surface area contributed by atoms with Gasteiger partial charge in [-0.3, -0.25) is 4.79 Å². The number of hydrogen-bond acceptors (Lipinski definition) is 7. The van der Waals surface area contributed by atoms with E-state index in [-0.39, 0.29) is 11.7 Å². The number of benzene rings is 2. The van der Waals surface area contributed by atoms with Crippen molar-refractivity contribution in [3.8, 4) is 22.5 Å². The van der Waals surface area contributed by atoms with Gasteiger partial charge in [0.05, 0.1) is 18.6 Å². The van der Waals surface area contributed by atoms with Gasteiger partial charge in [-0.05, 0) is 54.8 Å². The molecular weight excluding hydrogens is 463 g/mol. The van der Waals surface area contributed by atoms with Crippen molar-refractivity contribution in [1.82, 2.24) is 9.97 Å². The Labute approximate surface area is 207 Å². The van der Waals surface area contributed by atoms with E-state index in [2.05, 4.69) is 20.2 Å². The maximum atomic E-state index is 13.8. The maximum absolute atomic E-state index is 13.8. The van der Waals surface area contributed by atoms with E-state index in [9.17, 15) is 9.18 Å². The molecule has 0 bridgehead atoms. The topological polar surface area (TPSA) is 89.7 Å². The smallest absolute Gasteiger partial charge is 0.253 e. The molecule has 2 aromatic heterocycles. The lowest BCUT2D eigenvalue weighted by Gasteiger charge is -2.28. The summed E-state index contributed by atoms with van der Waals surface area (Å²) in [5, 5.41) is 3.69. The van der Waals surface area contributed by atoms with Gasteiger partial charge in [-0.15, -0.1) is 0 Å². The minimum Gasteiger partial charge on any atom is -0.437 e. The number of nitrogens with one attached hydrogen (secondary N) is 1. The highest BCUT2D eigenvalue weighted by atomic mass is 19.1. The molecule has 2 fully saturated rings. The van der Waals surface area contributed by atoms with Crippen LogP contribution in [0.3, 0.4) is 0 Å². The molecule has 0 saturated carbocycles. The van der Waals surface area contributed by atoms with E-state index < -0.39 is 6.10 Å². The lowest BCUT2D eigenvalue weighted by atomic mass is 9.99. The number of fused-ring (bicyclic) bond motifs is 1. The lowest BCUT2D eigenvalue weighted by Crippen LogP contribution is -2.36. The van der Waals surface area contributed by atoms with Crippen LogP contribution < -0.4 is 10.2 Å². The number of amides is 1. The molecule has 9 heteroatoms. The number of carbonyl (C=O) groups excluding carboxylic acids is 1. The number of aromatic nitrogens is 2. The van der Waals surface area contributed by atoms with Crippen molar-refractivity contribution in [1.29, 1.82) is 0 Å². The summed E-state index contributed by atoms with van der Waals surface area (Å²) >= 11 is 0. The minimum atomic E-state index is -0.401. The van der Waals surface area contributed by atoms with Gasteiger partial charge in [0, 0.05) is 36.5 Å². The van der Waals surface area contributed by atoms with E-state index in [1.165, 1.54) is 18.5 Å². The SMILES string of the molecule is O=C(Nc1ccc(-c2oc3ncnc(N4CCOCC4)c3c2-c2ccc(F)cc2)cc1)C1CCCO1. The number of anilines is 2. The first-order valence-electron chi connectivity index (χ1n) is 12.1. The standard InChI is InChI=1S/C27H25FN4O4/c28-19-7-3-17(4-8-19)22-23-25(32-11-14-34-15-12-32)29-16-30-27(23)36-24(22)18-5-9-20(10-6-18)31-26(33)21-2-1-13-35-21/h3-10,16,21H,1-2,11-15H2,(H,31,33). The Kier molecular flexibility index (Phi) is 6.08. The van der Waals surface area contributed by atoms with E-state index >= 15 is 0 Å². The summed E-state index contributed by atoms with van der Waals surface area (Å²) in [6.45, 7) is 3.25. The number of carbonyl (C=O) groups is 1. The Hall–Kier alpha value is -3.82. The van der Waals surface area contributed by atoms with Crippen LogP contribution in [-0.2, 0) is 14.3 Å². The van der Waals surface area contributed by atoms with Crippen LogP contribution in [0.4, 0.5) is 15.9 Å². The fourth-order valence-corrected chi connectivity index (χ4v) is 4.74. The number of halogens is 1. The zero-order chi connectivity index (χ0) is 24.5. The van der Waals surface area contributed by atoms with Crippen LogP contribution in [0.15, 0.2) is 59.3 Å². The fraction of sp³-hybridized carbons (Fsp3) is 0.296. The summed E-state index contributed by atoms with van der Waals surface area (Å²) in [6.07, 6.45) is 2.72. The van der Waals surface area contributed by atoms with Gasteiger partial charge in [-0.1, -0.05) is 12.1 Å². The number of hydrogen-bond donors (Lipinski definition) is 1. The molecule has 0 radical (unpaired) electrons. The van der Waals surface area contributed by atoms with Gasteiger partial charge >= 0.3 is 0 Å². The molecule has 1 atom stereocenters. The molecule has 4 heterocycles. The maximum Gasteiger partial charge on any atom is 0.253 e. The van der Waals surface area contributed by atoms with Crippen LogP contribution in [0.1, 0.15) is 12.8 Å². The van der Waals surface area contributed by atoms with Crippen molar-refractivity contribution in [2.45, 2.75) is 18.9 Å². The van der Waals surface area contributed by atoms with Crippen LogP contribution in [-0.4, -0.2) is 54.9 Å². The summed E-state index contributed by atoms with van der Waals surface area (Å²) in [6, 6.07) is 13.8. The van der Waals surface area contributed by atoms with Crippen LogP contribution in [0.5, 0.6) is 0 Å². The molecule has 6 rings (SSSR count). The Bertz CT molecular complexity index is 1380. The van der Waals surface area contributed by atoms with Gasteiger partial charge in [0.2, 0.25) is 5.71 Å². The Morgan fingerprint density at radius 1 is 0.972 bits per heavy atom. The first-order valence-corrected chi connectivity index (χ1v) is 12.1. The van der Waals surface area contributed by atoms with Gasteiger partial charge in [0.25, 0.3) is 5.91 Å². The average Bonchev–Trinajstić information content (AvgIpc) is 3.59.